The number of benzene rings is 11. The van der Waals surface area contributed by atoms with Crippen LogP contribution in [0.25, 0.3) is 120 Å². The molecule has 1 nitrogen and oxygen atoms in total. The van der Waals surface area contributed by atoms with Gasteiger partial charge in [0.05, 0.1) is 0 Å². The second kappa shape index (κ2) is 9.13. The molecule has 0 atom stereocenters. The van der Waals surface area contributed by atoms with Crippen molar-refractivity contribution in [2.45, 2.75) is 0 Å². The smallest absolute Gasteiger partial charge is 0.143 e. The van der Waals surface area contributed by atoms with Gasteiger partial charge in [0.2, 0.25) is 0 Å². The molecule has 0 amide bonds. The number of para-hydroxylation sites is 1. The molecule has 0 fully saturated rings. The standard InChI is InChI=1S/C48H26O/c1-2-10-42-39(9-1)47-40-25-33(35-21-17-31-13-11-27-5-3-7-29-19-23-37(35)45(31)43(27)29)15-16-34(40)26-41(48(47)49-42)36-22-18-32-14-12-28-6-4-8-30-20-24-38(36)46(32)44(28)30/h1-26H. The lowest BCUT2D eigenvalue weighted by Crippen LogP contribution is -1.89. The molecule has 0 unspecified atom stereocenters. The largest absolute Gasteiger partial charge is 0.455 e. The summed E-state index contributed by atoms with van der Waals surface area (Å²) in [6.07, 6.45) is 0. The number of rotatable bonds is 2. The van der Waals surface area contributed by atoms with Gasteiger partial charge in [0.25, 0.3) is 0 Å². The van der Waals surface area contributed by atoms with Crippen molar-refractivity contribution >= 4 is 97.3 Å². The van der Waals surface area contributed by atoms with Crippen LogP contribution in [-0.2, 0) is 0 Å². The molecule has 0 saturated carbocycles. The maximum absolute atomic E-state index is 6.83. The normalized spacial score (nSPS) is 12.5. The molecule has 0 radical (unpaired) electrons. The molecule has 224 valence electrons. The van der Waals surface area contributed by atoms with E-state index in [1.54, 1.807) is 0 Å². The summed E-state index contributed by atoms with van der Waals surface area (Å²) < 4.78 is 6.83. The highest BCUT2D eigenvalue weighted by Crippen LogP contribution is 2.47. The summed E-state index contributed by atoms with van der Waals surface area (Å²) in [5.74, 6) is 0. The first-order chi connectivity index (χ1) is 24.3. The van der Waals surface area contributed by atoms with Crippen molar-refractivity contribution in [3.8, 4) is 22.3 Å². The average molecular weight is 619 g/mol. The van der Waals surface area contributed by atoms with Crippen molar-refractivity contribution in [3.05, 3.63) is 158 Å². The van der Waals surface area contributed by atoms with Crippen LogP contribution in [-0.4, -0.2) is 0 Å². The summed E-state index contributed by atoms with van der Waals surface area (Å²) in [5, 5.41) is 20.3. The highest BCUT2D eigenvalue weighted by atomic mass is 16.3. The summed E-state index contributed by atoms with van der Waals surface area (Å²) >= 11 is 0. The predicted octanol–water partition coefficient (Wildman–Crippen LogP) is 13.9. The van der Waals surface area contributed by atoms with Gasteiger partial charge in [0.15, 0.2) is 0 Å². The Morgan fingerprint density at radius 2 is 0.816 bits per heavy atom. The molecule has 49 heavy (non-hydrogen) atoms. The zero-order chi connectivity index (χ0) is 31.8. The van der Waals surface area contributed by atoms with E-state index in [0.29, 0.717) is 0 Å². The van der Waals surface area contributed by atoms with E-state index in [1.807, 2.05) is 0 Å². The van der Waals surface area contributed by atoms with E-state index in [9.17, 15) is 0 Å². The van der Waals surface area contributed by atoms with Crippen molar-refractivity contribution in [2.75, 3.05) is 0 Å². The molecule has 12 rings (SSSR count). The van der Waals surface area contributed by atoms with Gasteiger partial charge in [-0.05, 0) is 110 Å². The highest BCUT2D eigenvalue weighted by Gasteiger charge is 2.20. The van der Waals surface area contributed by atoms with Crippen LogP contribution in [0.1, 0.15) is 0 Å². The Morgan fingerprint density at radius 3 is 1.49 bits per heavy atom. The zero-order valence-corrected chi connectivity index (χ0v) is 26.4. The Kier molecular flexibility index (Phi) is 4.77. The fourth-order valence-corrected chi connectivity index (χ4v) is 8.95. The van der Waals surface area contributed by atoms with Crippen LogP contribution in [0, 0.1) is 0 Å². The minimum atomic E-state index is 0.914. The van der Waals surface area contributed by atoms with Gasteiger partial charge < -0.3 is 4.42 Å². The van der Waals surface area contributed by atoms with Crippen LogP contribution in [0.2, 0.25) is 0 Å². The van der Waals surface area contributed by atoms with Crippen molar-refractivity contribution in [2.24, 2.45) is 0 Å². The van der Waals surface area contributed by atoms with Gasteiger partial charge in [-0.2, -0.15) is 0 Å². The molecule has 0 aliphatic rings. The van der Waals surface area contributed by atoms with E-state index < -0.39 is 0 Å². The molecule has 0 spiro atoms. The minimum absolute atomic E-state index is 0.914. The molecule has 0 aliphatic heterocycles. The molecule has 1 aromatic heterocycles. The van der Waals surface area contributed by atoms with Crippen LogP contribution in [0.5, 0.6) is 0 Å². The Labute approximate surface area is 280 Å². The molecule has 11 aromatic carbocycles. The molecular formula is C48H26O. The molecule has 1 heterocycles. The van der Waals surface area contributed by atoms with Crippen molar-refractivity contribution in [1.82, 2.24) is 0 Å². The first kappa shape index (κ1) is 25.6. The number of hydrogen-bond acceptors (Lipinski definition) is 1. The summed E-state index contributed by atoms with van der Waals surface area (Å²) in [4.78, 5) is 0. The Hall–Kier alpha value is -6.44. The van der Waals surface area contributed by atoms with Crippen LogP contribution in [0.3, 0.4) is 0 Å². The van der Waals surface area contributed by atoms with Gasteiger partial charge in [-0.3, -0.25) is 0 Å². The third kappa shape index (κ3) is 3.34. The summed E-state index contributed by atoms with van der Waals surface area (Å²) in [6.45, 7) is 0. The first-order valence-electron chi connectivity index (χ1n) is 17.0. The Balaban J connectivity index is 1.17. The SMILES string of the molecule is c1cc2ccc3ccc(-c4ccc5cc(-c6ccc7ccc8cccc9ccc6c7c89)c6oc7ccccc7c6c5c4)c4ccc(c1)c2c34. The molecular weight excluding hydrogens is 593 g/mol. The van der Waals surface area contributed by atoms with E-state index in [-0.39, 0.29) is 0 Å². The summed E-state index contributed by atoms with van der Waals surface area (Å²) in [7, 11) is 0. The predicted molar refractivity (Wildman–Crippen MR) is 210 cm³/mol. The lowest BCUT2D eigenvalue weighted by molar-refractivity contribution is 0.670. The van der Waals surface area contributed by atoms with E-state index in [4.69, 9.17) is 4.42 Å². The van der Waals surface area contributed by atoms with Crippen molar-refractivity contribution in [1.29, 1.82) is 0 Å². The third-order valence-electron chi connectivity index (χ3n) is 11.1. The number of hydrogen-bond donors (Lipinski definition) is 0. The first-order valence-corrected chi connectivity index (χ1v) is 17.0. The summed E-state index contributed by atoms with van der Waals surface area (Å²) in [6, 6.07) is 58.4. The Morgan fingerprint density at radius 1 is 0.286 bits per heavy atom. The van der Waals surface area contributed by atoms with Gasteiger partial charge in [0, 0.05) is 16.3 Å². The van der Waals surface area contributed by atoms with Gasteiger partial charge in [-0.25, -0.2) is 0 Å². The van der Waals surface area contributed by atoms with E-state index in [2.05, 4.69) is 158 Å². The summed E-state index contributed by atoms with van der Waals surface area (Å²) in [5.41, 5.74) is 6.66. The Bertz CT molecular complexity index is 3290. The maximum Gasteiger partial charge on any atom is 0.143 e. The van der Waals surface area contributed by atoms with E-state index in [1.165, 1.54) is 97.5 Å². The van der Waals surface area contributed by atoms with E-state index in [0.717, 1.165) is 22.1 Å². The highest BCUT2D eigenvalue weighted by molar-refractivity contribution is 6.29. The average Bonchev–Trinajstić information content (AvgIpc) is 3.56. The molecule has 0 aliphatic carbocycles. The van der Waals surface area contributed by atoms with E-state index >= 15 is 0 Å². The fourth-order valence-electron chi connectivity index (χ4n) is 8.95. The van der Waals surface area contributed by atoms with Gasteiger partial charge in [0.1, 0.15) is 11.2 Å². The molecule has 0 saturated heterocycles. The number of fused-ring (bicyclic) bond motifs is 5. The quantitative estimate of drug-likeness (QED) is 0.176. The topological polar surface area (TPSA) is 13.1 Å². The zero-order valence-electron chi connectivity index (χ0n) is 26.4. The van der Waals surface area contributed by atoms with Gasteiger partial charge >= 0.3 is 0 Å². The monoisotopic (exact) mass is 618 g/mol. The molecule has 0 bridgehead atoms. The van der Waals surface area contributed by atoms with Crippen LogP contribution in [0.4, 0.5) is 0 Å². The molecule has 1 heteroatoms. The third-order valence-corrected chi connectivity index (χ3v) is 11.1. The lowest BCUT2D eigenvalue weighted by atomic mass is 9.87. The lowest BCUT2D eigenvalue weighted by Gasteiger charge is -2.16. The van der Waals surface area contributed by atoms with Crippen LogP contribution in [0.15, 0.2) is 162 Å². The molecule has 12 aromatic rings. The van der Waals surface area contributed by atoms with Crippen LogP contribution >= 0.6 is 0 Å². The van der Waals surface area contributed by atoms with Crippen LogP contribution < -0.4 is 0 Å². The molecule has 0 N–H and O–H groups in total. The fraction of sp³-hybridized carbons (Fsp3) is 0. The second-order valence-corrected chi connectivity index (χ2v) is 13.6. The van der Waals surface area contributed by atoms with Crippen molar-refractivity contribution in [3.63, 3.8) is 0 Å². The number of furan rings is 1. The van der Waals surface area contributed by atoms with Gasteiger partial charge in [-0.1, -0.05) is 140 Å². The minimum Gasteiger partial charge on any atom is -0.455 e. The van der Waals surface area contributed by atoms with Crippen molar-refractivity contribution < 1.29 is 4.42 Å². The van der Waals surface area contributed by atoms with Gasteiger partial charge in [-0.15, -0.1) is 0 Å². The second-order valence-electron chi connectivity index (χ2n) is 13.6. The maximum atomic E-state index is 6.83.